The zero-order valence-electron chi connectivity index (χ0n) is 13.9. The fourth-order valence-corrected chi connectivity index (χ4v) is 3.44. The topological polar surface area (TPSA) is 29.1 Å². The molecule has 1 N–H and O–H groups in total. The van der Waals surface area contributed by atoms with Crippen LogP contribution < -0.4 is 5.32 Å². The number of thioether (sulfide) groups is 1. The molecule has 26 heavy (non-hydrogen) atoms. The van der Waals surface area contributed by atoms with E-state index >= 15 is 0 Å². The lowest BCUT2D eigenvalue weighted by atomic mass is 10.1. The zero-order chi connectivity index (χ0) is 18.4. The van der Waals surface area contributed by atoms with Gasteiger partial charge in [-0.05, 0) is 59.7 Å². The van der Waals surface area contributed by atoms with Gasteiger partial charge in [-0.2, -0.15) is 0 Å². The van der Waals surface area contributed by atoms with Crippen LogP contribution in [0.1, 0.15) is 21.5 Å². The number of benzene rings is 3. The van der Waals surface area contributed by atoms with E-state index in [4.69, 9.17) is 23.2 Å². The van der Waals surface area contributed by atoms with Crippen molar-refractivity contribution in [1.82, 2.24) is 5.32 Å². The molecule has 132 valence electrons. The number of carbonyl (C=O) groups excluding carboxylic acids is 1. The van der Waals surface area contributed by atoms with E-state index in [1.165, 1.54) is 10.5 Å². The molecule has 3 aromatic rings. The van der Waals surface area contributed by atoms with Gasteiger partial charge in [-0.15, -0.1) is 11.8 Å². The molecule has 0 aliphatic rings. The number of hydrogen-bond donors (Lipinski definition) is 1. The van der Waals surface area contributed by atoms with Crippen LogP contribution in [-0.2, 0) is 12.3 Å². The number of halogens is 2. The third-order valence-electron chi connectivity index (χ3n) is 3.80. The highest BCUT2D eigenvalue weighted by Crippen LogP contribution is 2.24. The average Bonchev–Trinajstić information content (AvgIpc) is 2.67. The predicted octanol–water partition coefficient (Wildman–Crippen LogP) is 6.22. The summed E-state index contributed by atoms with van der Waals surface area (Å²) in [5.41, 5.74) is 2.83. The maximum Gasteiger partial charge on any atom is 0.251 e. The number of carbonyl (C=O) groups is 1. The Morgan fingerprint density at radius 3 is 1.92 bits per heavy atom. The summed E-state index contributed by atoms with van der Waals surface area (Å²) in [7, 11) is 0. The van der Waals surface area contributed by atoms with Crippen LogP contribution in [0.4, 0.5) is 0 Å². The highest BCUT2D eigenvalue weighted by Gasteiger charge is 2.06. The molecular formula is C21H17Cl2NOS. The minimum Gasteiger partial charge on any atom is -0.348 e. The zero-order valence-corrected chi connectivity index (χ0v) is 16.2. The molecule has 0 fully saturated rings. The SMILES string of the molecule is O=C(NCc1ccc(Cl)cc1)c1ccc(CSc2ccc(Cl)cc2)cc1. The van der Waals surface area contributed by atoms with Gasteiger partial charge in [-0.25, -0.2) is 0 Å². The van der Waals surface area contributed by atoms with Gasteiger partial charge in [0.1, 0.15) is 0 Å². The number of hydrogen-bond acceptors (Lipinski definition) is 2. The quantitative estimate of drug-likeness (QED) is 0.496. The number of nitrogens with one attached hydrogen (secondary N) is 1. The summed E-state index contributed by atoms with van der Waals surface area (Å²) in [5.74, 6) is 0.755. The predicted molar refractivity (Wildman–Crippen MR) is 110 cm³/mol. The minimum absolute atomic E-state index is 0.0862. The lowest BCUT2D eigenvalue weighted by Crippen LogP contribution is -2.22. The molecule has 0 saturated carbocycles. The Hall–Kier alpha value is -1.94. The first-order valence-electron chi connectivity index (χ1n) is 8.10. The van der Waals surface area contributed by atoms with Gasteiger partial charge in [0.05, 0.1) is 0 Å². The van der Waals surface area contributed by atoms with Crippen LogP contribution in [0.15, 0.2) is 77.7 Å². The first kappa shape index (κ1) is 18.8. The van der Waals surface area contributed by atoms with Gasteiger partial charge >= 0.3 is 0 Å². The van der Waals surface area contributed by atoms with E-state index in [1.54, 1.807) is 11.8 Å². The second-order valence-corrected chi connectivity index (χ2v) is 7.67. The van der Waals surface area contributed by atoms with E-state index in [9.17, 15) is 4.79 Å². The summed E-state index contributed by atoms with van der Waals surface area (Å²) in [6.07, 6.45) is 0. The standard InChI is InChI=1S/C21H17Cl2NOS/c22-18-7-3-15(4-8-18)13-24-21(25)17-5-1-16(2-6-17)14-26-20-11-9-19(23)10-12-20/h1-12H,13-14H2,(H,24,25). The summed E-state index contributed by atoms with van der Waals surface area (Å²) >= 11 is 13.5. The second kappa shape index (κ2) is 9.13. The van der Waals surface area contributed by atoms with Crippen molar-refractivity contribution < 1.29 is 4.79 Å². The molecule has 0 heterocycles. The third kappa shape index (κ3) is 5.53. The largest absolute Gasteiger partial charge is 0.348 e. The van der Waals surface area contributed by atoms with E-state index in [0.717, 1.165) is 16.3 Å². The Morgan fingerprint density at radius 1 is 0.769 bits per heavy atom. The normalized spacial score (nSPS) is 10.5. The molecule has 0 atom stereocenters. The van der Waals surface area contributed by atoms with Crippen molar-refractivity contribution in [3.05, 3.63) is 99.5 Å². The Morgan fingerprint density at radius 2 is 1.31 bits per heavy atom. The van der Waals surface area contributed by atoms with Gasteiger partial charge in [0, 0.05) is 32.8 Å². The summed E-state index contributed by atoms with van der Waals surface area (Å²) < 4.78 is 0. The highest BCUT2D eigenvalue weighted by molar-refractivity contribution is 7.98. The van der Waals surface area contributed by atoms with Gasteiger partial charge in [-0.3, -0.25) is 4.79 Å². The van der Waals surface area contributed by atoms with Gasteiger partial charge in [0.15, 0.2) is 0 Å². The molecule has 0 aliphatic heterocycles. The first-order chi connectivity index (χ1) is 12.6. The van der Waals surface area contributed by atoms with Crippen molar-refractivity contribution in [2.24, 2.45) is 0 Å². The second-order valence-electron chi connectivity index (χ2n) is 5.75. The molecular weight excluding hydrogens is 385 g/mol. The molecule has 0 spiro atoms. The van der Waals surface area contributed by atoms with Crippen molar-refractivity contribution in [3.63, 3.8) is 0 Å². The summed E-state index contributed by atoms with van der Waals surface area (Å²) in [5, 5.41) is 4.34. The van der Waals surface area contributed by atoms with Crippen molar-refractivity contribution in [2.75, 3.05) is 0 Å². The fraction of sp³-hybridized carbons (Fsp3) is 0.0952. The molecule has 3 aromatic carbocycles. The third-order valence-corrected chi connectivity index (χ3v) is 5.39. The smallest absolute Gasteiger partial charge is 0.251 e. The van der Waals surface area contributed by atoms with Crippen LogP contribution >= 0.6 is 35.0 Å². The molecule has 5 heteroatoms. The van der Waals surface area contributed by atoms with E-state index in [1.807, 2.05) is 72.8 Å². The summed E-state index contributed by atoms with van der Waals surface area (Å²) in [6.45, 7) is 0.476. The van der Waals surface area contributed by atoms with Crippen molar-refractivity contribution >= 4 is 40.9 Å². The Bertz CT molecular complexity index is 862. The Labute approximate surface area is 167 Å². The van der Waals surface area contributed by atoms with Gasteiger partial charge in [0.25, 0.3) is 5.91 Å². The Balaban J connectivity index is 1.52. The molecule has 3 rings (SSSR count). The van der Waals surface area contributed by atoms with Crippen molar-refractivity contribution in [1.29, 1.82) is 0 Å². The van der Waals surface area contributed by atoms with Crippen molar-refractivity contribution in [2.45, 2.75) is 17.2 Å². The van der Waals surface area contributed by atoms with E-state index in [2.05, 4.69) is 5.32 Å². The summed E-state index contributed by atoms with van der Waals surface area (Å²) in [4.78, 5) is 13.4. The molecule has 1 amide bonds. The maximum atomic E-state index is 12.3. The number of amides is 1. The fourth-order valence-electron chi connectivity index (χ4n) is 2.34. The Kier molecular flexibility index (Phi) is 6.62. The lowest BCUT2D eigenvalue weighted by Gasteiger charge is -2.07. The highest BCUT2D eigenvalue weighted by atomic mass is 35.5. The van der Waals surface area contributed by atoms with Crippen LogP contribution in [0.2, 0.25) is 10.0 Å². The van der Waals surface area contributed by atoms with Gasteiger partial charge in [0.2, 0.25) is 0 Å². The van der Waals surface area contributed by atoms with Crippen LogP contribution in [0.5, 0.6) is 0 Å². The van der Waals surface area contributed by atoms with Crippen molar-refractivity contribution in [3.8, 4) is 0 Å². The van der Waals surface area contributed by atoms with Crippen LogP contribution in [0.3, 0.4) is 0 Å². The molecule has 0 saturated heterocycles. The first-order valence-corrected chi connectivity index (χ1v) is 9.84. The van der Waals surface area contributed by atoms with Gasteiger partial charge < -0.3 is 5.32 Å². The maximum absolute atomic E-state index is 12.3. The van der Waals surface area contributed by atoms with E-state index in [-0.39, 0.29) is 5.91 Å². The lowest BCUT2D eigenvalue weighted by molar-refractivity contribution is 0.0951. The van der Waals surface area contributed by atoms with Crippen LogP contribution in [-0.4, -0.2) is 5.91 Å². The summed E-state index contributed by atoms with van der Waals surface area (Å²) in [6, 6.07) is 22.9. The molecule has 0 radical (unpaired) electrons. The molecule has 0 bridgehead atoms. The molecule has 0 aromatic heterocycles. The van der Waals surface area contributed by atoms with E-state index in [0.29, 0.717) is 17.1 Å². The molecule has 0 aliphatic carbocycles. The van der Waals surface area contributed by atoms with Crippen LogP contribution in [0.25, 0.3) is 0 Å². The van der Waals surface area contributed by atoms with Gasteiger partial charge in [-0.1, -0.05) is 47.5 Å². The monoisotopic (exact) mass is 401 g/mol. The number of rotatable bonds is 6. The minimum atomic E-state index is -0.0862. The van der Waals surface area contributed by atoms with Crippen LogP contribution in [0, 0.1) is 0 Å². The van der Waals surface area contributed by atoms with E-state index < -0.39 is 0 Å². The molecule has 0 unspecified atom stereocenters. The molecule has 2 nitrogen and oxygen atoms in total. The average molecular weight is 402 g/mol.